The molecule has 1 unspecified atom stereocenters. The first-order valence-electron chi connectivity index (χ1n) is 12.8. The van der Waals surface area contributed by atoms with E-state index in [9.17, 15) is 9.59 Å². The van der Waals surface area contributed by atoms with Gasteiger partial charge < -0.3 is 20.4 Å². The number of benzene rings is 1. The van der Waals surface area contributed by atoms with Gasteiger partial charge in [0.25, 0.3) is 5.91 Å². The molecule has 4 rings (SSSR count). The third-order valence-corrected chi connectivity index (χ3v) is 7.73. The highest BCUT2D eigenvalue weighted by Crippen LogP contribution is 2.39. The van der Waals surface area contributed by atoms with Gasteiger partial charge in [0.15, 0.2) is 0 Å². The van der Waals surface area contributed by atoms with E-state index in [4.69, 9.17) is 0 Å². The lowest BCUT2D eigenvalue weighted by atomic mass is 9.77. The molecule has 3 amide bonds. The minimum atomic E-state index is -0.768. The van der Waals surface area contributed by atoms with Crippen LogP contribution in [-0.4, -0.2) is 92.6 Å². The molecule has 1 aliphatic carbocycles. The van der Waals surface area contributed by atoms with E-state index in [-0.39, 0.29) is 11.9 Å². The Morgan fingerprint density at radius 3 is 2.51 bits per heavy atom. The number of piperazine rings is 1. The first-order chi connectivity index (χ1) is 16.9. The van der Waals surface area contributed by atoms with Gasteiger partial charge in [-0.05, 0) is 55.1 Å². The lowest BCUT2D eigenvalue weighted by molar-refractivity contribution is -0.126. The number of aryl methyl sites for hydroxylation is 1. The van der Waals surface area contributed by atoms with Crippen LogP contribution in [-0.2, 0) is 17.6 Å². The number of nitrogens with zero attached hydrogens (tertiary/aromatic N) is 3. The highest BCUT2D eigenvalue weighted by molar-refractivity contribution is 6.07. The standard InChI is InChI=1S/C27H40N6O2/c1-5-7-20(8-6-11-33-14-12-31(3)13-15-33)19-29-24-16-21-9-10-27(18-22(21)17-23(24)28-2)25(34)30-26(35)32(27)4/h6-8,16-17,28-29H,5,9-15,18-19H2,1-4H3,(H,30,34,35)/b8-6-,20-7+. The molecule has 0 bridgehead atoms. The van der Waals surface area contributed by atoms with Crippen LogP contribution in [0.5, 0.6) is 0 Å². The van der Waals surface area contributed by atoms with Crippen LogP contribution in [0.15, 0.2) is 35.9 Å². The maximum absolute atomic E-state index is 12.6. The fourth-order valence-electron chi connectivity index (χ4n) is 5.35. The van der Waals surface area contributed by atoms with E-state index < -0.39 is 5.54 Å². The molecule has 190 valence electrons. The molecule has 8 nitrogen and oxygen atoms in total. The van der Waals surface area contributed by atoms with E-state index in [1.165, 1.54) is 11.1 Å². The molecule has 0 saturated carbocycles. The summed E-state index contributed by atoms with van der Waals surface area (Å²) in [4.78, 5) is 31.2. The molecule has 2 saturated heterocycles. The number of rotatable bonds is 8. The number of nitrogens with one attached hydrogen (secondary N) is 3. The second-order valence-corrected chi connectivity index (χ2v) is 9.99. The number of amides is 3. The monoisotopic (exact) mass is 480 g/mol. The molecule has 3 N–H and O–H groups in total. The van der Waals surface area contributed by atoms with Crippen molar-refractivity contribution in [2.75, 3.05) is 71.0 Å². The van der Waals surface area contributed by atoms with E-state index in [1.54, 1.807) is 11.9 Å². The number of carbonyl (C=O) groups excluding carboxylic acids is 2. The highest BCUT2D eigenvalue weighted by Gasteiger charge is 2.52. The number of fused-ring (bicyclic) bond motifs is 1. The van der Waals surface area contributed by atoms with Crippen molar-refractivity contribution in [2.24, 2.45) is 0 Å². The number of hydrogen-bond donors (Lipinski definition) is 3. The fourth-order valence-corrected chi connectivity index (χ4v) is 5.35. The van der Waals surface area contributed by atoms with E-state index in [1.807, 2.05) is 7.05 Å². The number of imide groups is 1. The summed E-state index contributed by atoms with van der Waals surface area (Å²) in [6, 6.07) is 4.04. The van der Waals surface area contributed by atoms with Gasteiger partial charge in [-0.3, -0.25) is 15.0 Å². The van der Waals surface area contributed by atoms with Crippen molar-refractivity contribution in [3.63, 3.8) is 0 Å². The van der Waals surface area contributed by atoms with Gasteiger partial charge >= 0.3 is 6.03 Å². The zero-order valence-corrected chi connectivity index (χ0v) is 21.6. The quantitative estimate of drug-likeness (QED) is 0.392. The lowest BCUT2D eigenvalue weighted by Gasteiger charge is -2.37. The van der Waals surface area contributed by atoms with E-state index in [0.29, 0.717) is 12.8 Å². The number of urea groups is 1. The average molecular weight is 481 g/mol. The molecule has 2 fully saturated rings. The normalized spacial score (nSPS) is 23.8. The highest BCUT2D eigenvalue weighted by atomic mass is 16.2. The third-order valence-electron chi connectivity index (χ3n) is 7.73. The average Bonchev–Trinajstić information content (AvgIpc) is 3.06. The Kier molecular flexibility index (Phi) is 7.82. The van der Waals surface area contributed by atoms with Crippen LogP contribution in [0.4, 0.5) is 16.2 Å². The third kappa shape index (κ3) is 5.38. The Morgan fingerprint density at radius 1 is 1.11 bits per heavy atom. The Hall–Kier alpha value is -2.84. The van der Waals surface area contributed by atoms with Crippen molar-refractivity contribution in [1.82, 2.24) is 20.0 Å². The van der Waals surface area contributed by atoms with Crippen molar-refractivity contribution in [3.05, 3.63) is 47.1 Å². The van der Waals surface area contributed by atoms with E-state index >= 15 is 0 Å². The first-order valence-corrected chi connectivity index (χ1v) is 12.8. The summed E-state index contributed by atoms with van der Waals surface area (Å²) in [5.74, 6) is -0.179. The van der Waals surface area contributed by atoms with Crippen LogP contribution in [0, 0.1) is 0 Å². The molecule has 2 aliphatic heterocycles. The van der Waals surface area contributed by atoms with Gasteiger partial charge in [-0.25, -0.2) is 4.79 Å². The molecular weight excluding hydrogens is 440 g/mol. The van der Waals surface area contributed by atoms with Crippen LogP contribution in [0.1, 0.15) is 30.9 Å². The van der Waals surface area contributed by atoms with Crippen molar-refractivity contribution in [3.8, 4) is 0 Å². The van der Waals surface area contributed by atoms with Gasteiger partial charge in [0.05, 0.1) is 11.4 Å². The molecule has 1 spiro atoms. The molecule has 3 aliphatic rings. The zero-order valence-electron chi connectivity index (χ0n) is 21.6. The molecule has 8 heteroatoms. The van der Waals surface area contributed by atoms with Crippen molar-refractivity contribution in [2.45, 2.75) is 38.1 Å². The first kappa shape index (κ1) is 25.3. The number of hydrogen-bond acceptors (Lipinski definition) is 6. The fraction of sp³-hybridized carbons (Fsp3) is 0.556. The summed E-state index contributed by atoms with van der Waals surface area (Å²) in [6.07, 6.45) is 9.76. The molecule has 2 heterocycles. The second kappa shape index (κ2) is 10.8. The minimum absolute atomic E-state index is 0.179. The number of allylic oxidation sites excluding steroid dienone is 1. The van der Waals surface area contributed by atoms with Crippen LogP contribution in [0.2, 0.25) is 0 Å². The topological polar surface area (TPSA) is 80.0 Å². The number of anilines is 2. The molecule has 0 aromatic heterocycles. The Labute approximate surface area is 209 Å². The second-order valence-electron chi connectivity index (χ2n) is 9.99. The molecular formula is C27H40N6O2. The van der Waals surface area contributed by atoms with Gasteiger partial charge in [0.2, 0.25) is 0 Å². The van der Waals surface area contributed by atoms with Crippen molar-refractivity contribution >= 4 is 23.3 Å². The van der Waals surface area contributed by atoms with E-state index in [0.717, 1.165) is 69.0 Å². The summed E-state index contributed by atoms with van der Waals surface area (Å²) < 4.78 is 0. The van der Waals surface area contributed by atoms with Gasteiger partial charge in [-0.2, -0.15) is 0 Å². The number of carbonyl (C=O) groups is 2. The Bertz CT molecular complexity index is 1010. The Balaban J connectivity index is 1.43. The smallest absolute Gasteiger partial charge is 0.324 e. The molecule has 1 atom stereocenters. The summed E-state index contributed by atoms with van der Waals surface area (Å²) >= 11 is 0. The number of likely N-dealkylation sites (N-methyl/N-ethyl adjacent to an activating group) is 2. The molecule has 1 aromatic rings. The van der Waals surface area contributed by atoms with Crippen LogP contribution in [0.25, 0.3) is 0 Å². The molecule has 0 radical (unpaired) electrons. The van der Waals surface area contributed by atoms with Crippen molar-refractivity contribution in [1.29, 1.82) is 0 Å². The molecule has 35 heavy (non-hydrogen) atoms. The molecule has 1 aromatic carbocycles. The predicted octanol–water partition coefficient (Wildman–Crippen LogP) is 2.69. The van der Waals surface area contributed by atoms with Gasteiger partial charge in [-0.15, -0.1) is 0 Å². The Morgan fingerprint density at radius 2 is 1.86 bits per heavy atom. The zero-order chi connectivity index (χ0) is 25.0. The van der Waals surface area contributed by atoms with Crippen LogP contribution in [0.3, 0.4) is 0 Å². The summed E-state index contributed by atoms with van der Waals surface area (Å²) in [6.45, 7) is 8.43. The van der Waals surface area contributed by atoms with Crippen LogP contribution < -0.4 is 16.0 Å². The summed E-state index contributed by atoms with van der Waals surface area (Å²) in [5, 5.41) is 9.43. The lowest BCUT2D eigenvalue weighted by Crippen LogP contribution is -2.51. The van der Waals surface area contributed by atoms with Gasteiger partial charge in [0.1, 0.15) is 5.54 Å². The maximum atomic E-state index is 12.6. The predicted molar refractivity (Wildman–Crippen MR) is 142 cm³/mol. The SMILES string of the molecule is CC/C=C(\C=C/CN1CCN(C)CC1)CNc1cc2c(cc1NC)CC1(CC2)C(=O)NC(=O)N1C. The largest absolute Gasteiger partial charge is 0.386 e. The van der Waals surface area contributed by atoms with Gasteiger partial charge in [-0.1, -0.05) is 25.2 Å². The van der Waals surface area contributed by atoms with Gasteiger partial charge in [0, 0.05) is 59.8 Å². The summed E-state index contributed by atoms with van der Waals surface area (Å²) in [7, 11) is 5.82. The summed E-state index contributed by atoms with van der Waals surface area (Å²) in [5.41, 5.74) is 4.95. The van der Waals surface area contributed by atoms with E-state index in [2.05, 4.69) is 70.1 Å². The van der Waals surface area contributed by atoms with Crippen LogP contribution >= 0.6 is 0 Å². The minimum Gasteiger partial charge on any atom is -0.386 e. The van der Waals surface area contributed by atoms with Crippen molar-refractivity contribution < 1.29 is 9.59 Å². The maximum Gasteiger partial charge on any atom is 0.324 e.